The lowest BCUT2D eigenvalue weighted by Crippen LogP contribution is -2.50. The summed E-state index contributed by atoms with van der Waals surface area (Å²) in [7, 11) is 1.27. The van der Waals surface area contributed by atoms with Crippen molar-refractivity contribution in [3.05, 3.63) is 17.9 Å². The molecule has 0 bridgehead atoms. The number of carbonyl (C=O) groups excluding carboxylic acids is 2. The van der Waals surface area contributed by atoms with Crippen molar-refractivity contribution < 1.29 is 19.1 Å². The molecule has 1 aliphatic rings. The number of ether oxygens (including phenoxy) is 2. The van der Waals surface area contributed by atoms with Crippen LogP contribution in [-0.4, -0.2) is 42.2 Å². The fraction of sp³-hybridized carbons (Fsp3) is 0.583. The zero-order chi connectivity index (χ0) is 13.7. The molecule has 0 aromatic heterocycles. The summed E-state index contributed by atoms with van der Waals surface area (Å²) in [6.07, 6.45) is 0.737. The number of halogens is 1. The molecule has 0 aliphatic carbocycles. The number of hydrogen-bond donors (Lipinski definition) is 0. The Morgan fingerprint density at radius 1 is 1.61 bits per heavy atom. The van der Waals surface area contributed by atoms with Crippen LogP contribution < -0.4 is 0 Å². The predicted octanol–water partition coefficient (Wildman–Crippen LogP) is 2.06. The number of carbonyl (C=O) groups is 2. The summed E-state index contributed by atoms with van der Waals surface area (Å²) in [5.74, 6) is -0.528. The van der Waals surface area contributed by atoms with Crippen LogP contribution in [0, 0.1) is 0 Å². The lowest BCUT2D eigenvalue weighted by molar-refractivity contribution is -0.145. The molecule has 1 heterocycles. The van der Waals surface area contributed by atoms with E-state index in [9.17, 15) is 9.59 Å². The van der Waals surface area contributed by atoms with Gasteiger partial charge in [-0.15, -0.1) is 5.73 Å². The molecule has 0 radical (unpaired) electrons. The van der Waals surface area contributed by atoms with E-state index >= 15 is 0 Å². The second-order valence-electron chi connectivity index (χ2n) is 3.85. The molecule has 6 heteroatoms. The highest BCUT2D eigenvalue weighted by Gasteiger charge is 2.37. The highest BCUT2D eigenvalue weighted by Crippen LogP contribution is 2.24. The first kappa shape index (κ1) is 14.6. The van der Waals surface area contributed by atoms with Crippen molar-refractivity contribution in [1.29, 1.82) is 0 Å². The van der Waals surface area contributed by atoms with Gasteiger partial charge in [-0.05, 0) is 19.8 Å². The van der Waals surface area contributed by atoms with Gasteiger partial charge >= 0.3 is 12.1 Å². The van der Waals surface area contributed by atoms with Crippen molar-refractivity contribution in [1.82, 2.24) is 4.90 Å². The van der Waals surface area contributed by atoms with E-state index in [4.69, 9.17) is 21.1 Å². The van der Waals surface area contributed by atoms with Crippen LogP contribution in [0.5, 0.6) is 0 Å². The van der Waals surface area contributed by atoms with Gasteiger partial charge in [-0.1, -0.05) is 18.2 Å². The number of esters is 1. The van der Waals surface area contributed by atoms with E-state index < -0.39 is 23.7 Å². The van der Waals surface area contributed by atoms with Gasteiger partial charge in [-0.25, -0.2) is 9.59 Å². The van der Waals surface area contributed by atoms with Gasteiger partial charge in [0.05, 0.1) is 7.11 Å². The van der Waals surface area contributed by atoms with E-state index in [1.807, 2.05) is 0 Å². The molecule has 0 aromatic rings. The topological polar surface area (TPSA) is 55.8 Å². The largest absolute Gasteiger partial charge is 0.467 e. The summed E-state index contributed by atoms with van der Waals surface area (Å²) in [5, 5.41) is 0. The molecule has 5 nitrogen and oxygen atoms in total. The van der Waals surface area contributed by atoms with Crippen LogP contribution in [0.25, 0.3) is 0 Å². The Kier molecular flexibility index (Phi) is 5.25. The molecular weight excluding hydrogens is 258 g/mol. The number of hydrogen-bond acceptors (Lipinski definition) is 4. The molecule has 0 N–H and O–H groups in total. The van der Waals surface area contributed by atoms with Crippen LogP contribution in [0.2, 0.25) is 0 Å². The molecule has 100 valence electrons. The average molecular weight is 274 g/mol. The van der Waals surface area contributed by atoms with Gasteiger partial charge in [0, 0.05) is 12.1 Å². The molecule has 1 aliphatic heterocycles. The smallest absolute Gasteiger partial charge is 0.412 e. The Bertz CT molecular complexity index is 388. The fourth-order valence-electron chi connectivity index (χ4n) is 1.86. The van der Waals surface area contributed by atoms with Crippen molar-refractivity contribution in [3.8, 4) is 0 Å². The maximum atomic E-state index is 11.9. The van der Waals surface area contributed by atoms with Crippen LogP contribution >= 0.6 is 11.6 Å². The average Bonchev–Trinajstić information content (AvgIpc) is 2.35. The Balaban J connectivity index is 2.95. The van der Waals surface area contributed by atoms with E-state index in [0.29, 0.717) is 18.5 Å². The van der Waals surface area contributed by atoms with Gasteiger partial charge in [0.25, 0.3) is 0 Å². The number of amides is 1. The van der Waals surface area contributed by atoms with E-state index in [2.05, 4.69) is 12.3 Å². The van der Waals surface area contributed by atoms with Crippen LogP contribution in [0.3, 0.4) is 0 Å². The Morgan fingerprint density at radius 3 is 2.78 bits per heavy atom. The van der Waals surface area contributed by atoms with Crippen LogP contribution in [-0.2, 0) is 14.3 Å². The second-order valence-corrected chi connectivity index (χ2v) is 4.47. The van der Waals surface area contributed by atoms with E-state index in [0.717, 1.165) is 6.42 Å². The summed E-state index contributed by atoms with van der Waals surface area (Å²) in [4.78, 5) is 24.9. The molecular formula is C12H16ClNO4. The molecule has 1 rings (SSSR count). The lowest BCUT2D eigenvalue weighted by atomic mass is 9.97. The quantitative estimate of drug-likeness (QED) is 0.439. The van der Waals surface area contributed by atoms with E-state index in [1.165, 1.54) is 18.9 Å². The summed E-state index contributed by atoms with van der Waals surface area (Å²) in [6.45, 7) is 5.47. The van der Waals surface area contributed by atoms with Gasteiger partial charge in [0.15, 0.2) is 11.6 Å². The van der Waals surface area contributed by atoms with Gasteiger partial charge < -0.3 is 9.47 Å². The van der Waals surface area contributed by atoms with Crippen molar-refractivity contribution in [2.45, 2.75) is 31.4 Å². The minimum Gasteiger partial charge on any atom is -0.467 e. The second kappa shape index (κ2) is 6.47. The van der Waals surface area contributed by atoms with Crippen molar-refractivity contribution in [3.63, 3.8) is 0 Å². The summed E-state index contributed by atoms with van der Waals surface area (Å²) in [5.41, 5.74) is 2.57. The summed E-state index contributed by atoms with van der Waals surface area (Å²) < 4.78 is 9.59. The number of rotatable bonds is 2. The zero-order valence-corrected chi connectivity index (χ0v) is 11.2. The number of likely N-dealkylation sites (tertiary alicyclic amines) is 1. The van der Waals surface area contributed by atoms with Gasteiger partial charge in [0.1, 0.15) is 0 Å². The van der Waals surface area contributed by atoms with Gasteiger partial charge in [0.2, 0.25) is 0 Å². The van der Waals surface area contributed by atoms with Crippen molar-refractivity contribution >= 4 is 23.7 Å². The molecule has 0 saturated carbocycles. The van der Waals surface area contributed by atoms with Crippen LogP contribution in [0.1, 0.15) is 19.8 Å². The first-order valence-electron chi connectivity index (χ1n) is 5.59. The van der Waals surface area contributed by atoms with Crippen molar-refractivity contribution in [2.75, 3.05) is 13.7 Å². The molecule has 1 saturated heterocycles. The fourth-order valence-corrected chi connectivity index (χ4v) is 1.94. The highest BCUT2D eigenvalue weighted by molar-refractivity contribution is 6.19. The van der Waals surface area contributed by atoms with Crippen LogP contribution in [0.15, 0.2) is 17.9 Å². The van der Waals surface area contributed by atoms with E-state index in [1.54, 1.807) is 0 Å². The molecule has 1 unspecified atom stereocenters. The minimum atomic E-state index is -0.816. The maximum Gasteiger partial charge on any atom is 0.412 e. The molecule has 0 spiro atoms. The number of nitrogens with zero attached hydrogens (tertiary/aromatic N) is 1. The molecule has 18 heavy (non-hydrogen) atoms. The number of piperidine rings is 1. The highest BCUT2D eigenvalue weighted by atomic mass is 35.5. The molecule has 0 aromatic carbocycles. The van der Waals surface area contributed by atoms with Gasteiger partial charge in [-0.2, -0.15) is 0 Å². The van der Waals surface area contributed by atoms with Gasteiger partial charge in [-0.3, -0.25) is 4.90 Å². The van der Waals surface area contributed by atoms with E-state index in [-0.39, 0.29) is 0 Å². The standard InChI is InChI=1S/C12H16ClNO4/c1-4-9-6-5-7-14(10(9)11(15)17-3)12(16)18-8(2)13/h8,10H,1,5-7H2,2-3H3/t8?,10-/m1/s1. The Morgan fingerprint density at radius 2 is 2.28 bits per heavy atom. The minimum absolute atomic E-state index is 0.410. The first-order chi connectivity index (χ1) is 8.51. The first-order valence-corrected chi connectivity index (χ1v) is 6.02. The maximum absolute atomic E-state index is 11.9. The Labute approximate surface area is 111 Å². The van der Waals surface area contributed by atoms with Crippen molar-refractivity contribution in [2.24, 2.45) is 0 Å². The third-order valence-electron chi connectivity index (χ3n) is 2.64. The molecule has 1 amide bonds. The molecule has 2 atom stereocenters. The monoisotopic (exact) mass is 273 g/mol. The summed E-state index contributed by atoms with van der Waals surface area (Å²) >= 11 is 5.60. The van der Waals surface area contributed by atoms with Crippen LogP contribution in [0.4, 0.5) is 4.79 Å². The predicted molar refractivity (Wildman–Crippen MR) is 66.2 cm³/mol. The number of alkyl halides is 1. The molecule has 1 fully saturated rings. The zero-order valence-electron chi connectivity index (χ0n) is 10.4. The lowest BCUT2D eigenvalue weighted by Gasteiger charge is -2.34. The summed E-state index contributed by atoms with van der Waals surface area (Å²) in [6, 6.07) is -0.816. The third kappa shape index (κ3) is 3.28. The Hall–Kier alpha value is -1.45. The number of methoxy groups -OCH3 is 1. The normalized spacial score (nSPS) is 20.9. The third-order valence-corrected chi connectivity index (χ3v) is 2.73. The SMILES string of the molecule is C=C=C1CCCN(C(=O)OC(C)Cl)[C@H]1C(=O)OC.